The molecule has 1 N–H and O–H groups in total. The fourth-order valence-electron chi connectivity index (χ4n) is 3.22. The lowest BCUT2D eigenvalue weighted by atomic mass is 9.92. The van der Waals surface area contributed by atoms with Crippen LogP contribution in [0.4, 0.5) is 0 Å². The van der Waals surface area contributed by atoms with E-state index >= 15 is 0 Å². The second kappa shape index (κ2) is 5.72. The SMILES string of the molecule is CNC1CCN(C(C)c2cc(C)sc2C)CC1C. The summed E-state index contributed by atoms with van der Waals surface area (Å²) < 4.78 is 0. The first kappa shape index (κ1) is 14.0. The summed E-state index contributed by atoms with van der Waals surface area (Å²) in [4.78, 5) is 5.57. The monoisotopic (exact) mass is 266 g/mol. The average Bonchev–Trinajstić information content (AvgIpc) is 2.67. The summed E-state index contributed by atoms with van der Waals surface area (Å²) in [5.74, 6) is 0.742. The molecule has 3 unspecified atom stereocenters. The van der Waals surface area contributed by atoms with Gasteiger partial charge >= 0.3 is 0 Å². The minimum Gasteiger partial charge on any atom is -0.317 e. The maximum absolute atomic E-state index is 3.44. The molecule has 3 heteroatoms. The third kappa shape index (κ3) is 2.79. The molecule has 2 rings (SSSR count). The molecule has 0 bridgehead atoms. The molecule has 102 valence electrons. The third-order valence-corrected chi connectivity index (χ3v) is 5.37. The molecule has 2 heterocycles. The van der Waals surface area contributed by atoms with E-state index in [1.165, 1.54) is 34.8 Å². The van der Waals surface area contributed by atoms with Crippen molar-refractivity contribution in [1.29, 1.82) is 0 Å². The molecule has 1 aromatic rings. The van der Waals surface area contributed by atoms with Crippen molar-refractivity contribution < 1.29 is 0 Å². The average molecular weight is 266 g/mol. The van der Waals surface area contributed by atoms with Gasteiger partial charge in [0.1, 0.15) is 0 Å². The number of rotatable bonds is 3. The summed E-state index contributed by atoms with van der Waals surface area (Å²) in [6.07, 6.45) is 1.27. The van der Waals surface area contributed by atoms with E-state index in [-0.39, 0.29) is 0 Å². The van der Waals surface area contributed by atoms with Crippen molar-refractivity contribution in [3.05, 3.63) is 21.4 Å². The molecule has 3 atom stereocenters. The number of nitrogens with one attached hydrogen (secondary N) is 1. The summed E-state index contributed by atoms with van der Waals surface area (Å²) in [6, 6.07) is 3.63. The van der Waals surface area contributed by atoms with E-state index in [0.717, 1.165) is 5.92 Å². The van der Waals surface area contributed by atoms with Crippen molar-refractivity contribution >= 4 is 11.3 Å². The molecular weight excluding hydrogens is 240 g/mol. The van der Waals surface area contributed by atoms with Gasteiger partial charge in [-0.2, -0.15) is 0 Å². The highest BCUT2D eigenvalue weighted by Crippen LogP contribution is 2.32. The van der Waals surface area contributed by atoms with Crippen LogP contribution >= 0.6 is 11.3 Å². The number of hydrogen-bond acceptors (Lipinski definition) is 3. The van der Waals surface area contributed by atoms with Crippen molar-refractivity contribution in [3.63, 3.8) is 0 Å². The Morgan fingerprint density at radius 1 is 1.44 bits per heavy atom. The molecule has 0 amide bonds. The van der Waals surface area contributed by atoms with E-state index in [1.54, 1.807) is 0 Å². The highest BCUT2D eigenvalue weighted by atomic mass is 32.1. The highest BCUT2D eigenvalue weighted by Gasteiger charge is 2.28. The maximum Gasteiger partial charge on any atom is 0.0331 e. The molecular formula is C15H26N2S. The van der Waals surface area contributed by atoms with Crippen molar-refractivity contribution in [3.8, 4) is 0 Å². The Balaban J connectivity index is 2.06. The summed E-state index contributed by atoms with van der Waals surface area (Å²) >= 11 is 1.93. The van der Waals surface area contributed by atoms with Gasteiger partial charge in [0.2, 0.25) is 0 Å². The summed E-state index contributed by atoms with van der Waals surface area (Å²) in [6.45, 7) is 11.6. The first-order valence-electron chi connectivity index (χ1n) is 7.01. The topological polar surface area (TPSA) is 15.3 Å². The van der Waals surface area contributed by atoms with E-state index in [1.807, 2.05) is 11.3 Å². The van der Waals surface area contributed by atoms with Crippen LogP contribution in [-0.2, 0) is 0 Å². The number of nitrogens with zero attached hydrogens (tertiary/aromatic N) is 1. The van der Waals surface area contributed by atoms with Gasteiger partial charge in [0, 0.05) is 34.9 Å². The van der Waals surface area contributed by atoms with Crippen LogP contribution in [0.5, 0.6) is 0 Å². The zero-order valence-electron chi connectivity index (χ0n) is 12.3. The molecule has 0 aromatic carbocycles. The van der Waals surface area contributed by atoms with Crippen LogP contribution in [0.1, 0.15) is 41.6 Å². The second-order valence-electron chi connectivity index (χ2n) is 5.70. The van der Waals surface area contributed by atoms with Crippen LogP contribution in [0.15, 0.2) is 6.07 Å². The highest BCUT2D eigenvalue weighted by molar-refractivity contribution is 7.12. The summed E-state index contributed by atoms with van der Waals surface area (Å²) in [5.41, 5.74) is 1.53. The predicted molar refractivity (Wildman–Crippen MR) is 80.4 cm³/mol. The zero-order valence-corrected chi connectivity index (χ0v) is 13.1. The van der Waals surface area contributed by atoms with Gasteiger partial charge in [0.25, 0.3) is 0 Å². The van der Waals surface area contributed by atoms with Gasteiger partial charge in [0.05, 0.1) is 0 Å². The lowest BCUT2D eigenvalue weighted by Crippen LogP contribution is -2.47. The van der Waals surface area contributed by atoms with Crippen LogP contribution in [0.2, 0.25) is 0 Å². The smallest absolute Gasteiger partial charge is 0.0331 e. The molecule has 0 spiro atoms. The van der Waals surface area contributed by atoms with Gasteiger partial charge in [-0.05, 0) is 51.8 Å². The molecule has 0 aliphatic carbocycles. The van der Waals surface area contributed by atoms with Gasteiger partial charge < -0.3 is 5.32 Å². The van der Waals surface area contributed by atoms with E-state index in [0.29, 0.717) is 12.1 Å². The molecule has 0 radical (unpaired) electrons. The Morgan fingerprint density at radius 3 is 2.67 bits per heavy atom. The van der Waals surface area contributed by atoms with Gasteiger partial charge in [0.15, 0.2) is 0 Å². The number of hydrogen-bond donors (Lipinski definition) is 1. The summed E-state index contributed by atoms with van der Waals surface area (Å²) in [7, 11) is 2.09. The van der Waals surface area contributed by atoms with E-state index in [4.69, 9.17) is 0 Å². The Hall–Kier alpha value is -0.380. The van der Waals surface area contributed by atoms with Crippen LogP contribution in [0.25, 0.3) is 0 Å². The van der Waals surface area contributed by atoms with Gasteiger partial charge in [-0.3, -0.25) is 4.90 Å². The molecule has 1 saturated heterocycles. The Bertz CT molecular complexity index is 399. The number of aryl methyl sites for hydroxylation is 2. The first-order chi connectivity index (χ1) is 8.52. The molecule has 18 heavy (non-hydrogen) atoms. The largest absolute Gasteiger partial charge is 0.317 e. The van der Waals surface area contributed by atoms with Gasteiger partial charge in [-0.15, -0.1) is 11.3 Å². The Labute approximate surface area is 115 Å². The van der Waals surface area contributed by atoms with Crippen LogP contribution in [-0.4, -0.2) is 31.1 Å². The van der Waals surface area contributed by atoms with Crippen LogP contribution < -0.4 is 5.32 Å². The number of piperidine rings is 1. The van der Waals surface area contributed by atoms with E-state index < -0.39 is 0 Å². The van der Waals surface area contributed by atoms with Crippen LogP contribution in [0, 0.1) is 19.8 Å². The molecule has 2 nitrogen and oxygen atoms in total. The maximum atomic E-state index is 3.44. The van der Waals surface area contributed by atoms with Gasteiger partial charge in [-0.25, -0.2) is 0 Å². The molecule has 1 aliphatic rings. The first-order valence-corrected chi connectivity index (χ1v) is 7.82. The fraction of sp³-hybridized carbons (Fsp3) is 0.733. The molecule has 1 fully saturated rings. The molecule has 0 saturated carbocycles. The minimum absolute atomic E-state index is 0.565. The van der Waals surface area contributed by atoms with E-state index in [2.05, 4.69) is 51.0 Å². The van der Waals surface area contributed by atoms with E-state index in [9.17, 15) is 0 Å². The van der Waals surface area contributed by atoms with Gasteiger partial charge in [-0.1, -0.05) is 6.92 Å². The quantitative estimate of drug-likeness (QED) is 0.902. The Kier molecular flexibility index (Phi) is 4.46. The van der Waals surface area contributed by atoms with Crippen molar-refractivity contribution in [2.45, 2.75) is 46.2 Å². The lowest BCUT2D eigenvalue weighted by molar-refractivity contribution is 0.114. The zero-order chi connectivity index (χ0) is 13.3. The van der Waals surface area contributed by atoms with Crippen molar-refractivity contribution in [2.75, 3.05) is 20.1 Å². The van der Waals surface area contributed by atoms with Crippen molar-refractivity contribution in [1.82, 2.24) is 10.2 Å². The molecule has 1 aliphatic heterocycles. The minimum atomic E-state index is 0.565. The van der Waals surface area contributed by atoms with Crippen LogP contribution in [0.3, 0.4) is 0 Å². The standard InChI is InChI=1S/C15H26N2S/c1-10-9-17(7-6-15(10)16-5)12(3)14-8-11(2)18-13(14)4/h8,10,12,15-16H,6-7,9H2,1-5H3. The third-order valence-electron chi connectivity index (χ3n) is 4.38. The number of likely N-dealkylation sites (tertiary alicyclic amines) is 1. The normalized spacial score (nSPS) is 27.4. The summed E-state index contributed by atoms with van der Waals surface area (Å²) in [5, 5.41) is 3.44. The molecule has 1 aromatic heterocycles. The van der Waals surface area contributed by atoms with Crippen molar-refractivity contribution in [2.24, 2.45) is 5.92 Å². The second-order valence-corrected chi connectivity index (χ2v) is 7.16. The lowest BCUT2D eigenvalue weighted by Gasteiger charge is -2.40. The Morgan fingerprint density at radius 2 is 2.17 bits per heavy atom. The number of thiophene rings is 1. The predicted octanol–water partition coefficient (Wildman–Crippen LogP) is 3.36. The fourth-order valence-corrected chi connectivity index (χ4v) is 4.24.